The number of hydrogen-bond donors (Lipinski definition) is 4. The van der Waals surface area contributed by atoms with Crippen LogP contribution in [0.1, 0.15) is 0 Å². The molecule has 5 nitrogen and oxygen atoms in total. The zero-order valence-corrected chi connectivity index (χ0v) is 7.54. The Kier molecular flexibility index (Phi) is 1.96. The van der Waals surface area contributed by atoms with Gasteiger partial charge in [0.05, 0.1) is 0 Å². The quantitative estimate of drug-likeness (QED) is 0.350. The van der Waals surface area contributed by atoms with Gasteiger partial charge in [0, 0.05) is 5.69 Å². The van der Waals surface area contributed by atoms with Crippen LogP contribution in [0.3, 0.4) is 0 Å². The Bertz CT molecular complexity index is 309. The fourth-order valence-corrected chi connectivity index (χ4v) is 1.43. The Labute approximate surface area is 76.8 Å². The SMILES string of the molecule is CNCN1[NH2+]Nc2ccc(N)cc21. The monoisotopic (exact) mass is 180 g/mol. The molecule has 2 rings (SSSR count). The Morgan fingerprint density at radius 3 is 3.23 bits per heavy atom. The molecule has 0 amide bonds. The van der Waals surface area contributed by atoms with E-state index in [-0.39, 0.29) is 0 Å². The fraction of sp³-hybridized carbons (Fsp3) is 0.250. The van der Waals surface area contributed by atoms with Gasteiger partial charge in [-0.1, -0.05) is 0 Å². The van der Waals surface area contributed by atoms with Crippen LogP contribution in [0.25, 0.3) is 0 Å². The average molecular weight is 180 g/mol. The molecular formula is C8H14N5+. The van der Waals surface area contributed by atoms with Crippen molar-refractivity contribution in [2.45, 2.75) is 0 Å². The van der Waals surface area contributed by atoms with Crippen LogP contribution in [0.5, 0.6) is 0 Å². The molecule has 0 saturated heterocycles. The number of fused-ring (bicyclic) bond motifs is 1. The summed E-state index contributed by atoms with van der Waals surface area (Å²) < 4.78 is 0. The van der Waals surface area contributed by atoms with Crippen molar-refractivity contribution in [1.82, 2.24) is 5.32 Å². The zero-order valence-electron chi connectivity index (χ0n) is 7.54. The topological polar surface area (TPSA) is 69.9 Å². The lowest BCUT2D eigenvalue weighted by molar-refractivity contribution is -0.631. The number of nitrogens with two attached hydrogens (primary N) is 2. The lowest BCUT2D eigenvalue weighted by Gasteiger charge is -2.12. The first-order chi connectivity index (χ1) is 6.31. The Hall–Kier alpha value is -1.46. The molecule has 1 aromatic carbocycles. The van der Waals surface area contributed by atoms with Gasteiger partial charge in [0.1, 0.15) is 18.0 Å². The molecule has 6 N–H and O–H groups in total. The van der Waals surface area contributed by atoms with Crippen molar-refractivity contribution in [2.75, 3.05) is 29.9 Å². The van der Waals surface area contributed by atoms with E-state index in [2.05, 4.69) is 15.8 Å². The maximum atomic E-state index is 5.70. The molecule has 0 unspecified atom stereocenters. The summed E-state index contributed by atoms with van der Waals surface area (Å²) in [6, 6.07) is 5.84. The number of anilines is 3. The van der Waals surface area contributed by atoms with Crippen LogP contribution in [-0.2, 0) is 0 Å². The van der Waals surface area contributed by atoms with Gasteiger partial charge in [-0.15, -0.1) is 5.53 Å². The Morgan fingerprint density at radius 1 is 1.62 bits per heavy atom. The van der Waals surface area contributed by atoms with E-state index in [4.69, 9.17) is 5.73 Å². The van der Waals surface area contributed by atoms with Crippen molar-refractivity contribution in [3.05, 3.63) is 18.2 Å². The predicted molar refractivity (Wildman–Crippen MR) is 52.8 cm³/mol. The van der Waals surface area contributed by atoms with Crippen LogP contribution in [0, 0.1) is 0 Å². The molecule has 5 heteroatoms. The summed E-state index contributed by atoms with van der Waals surface area (Å²) in [5.41, 5.74) is 13.8. The molecule has 1 aromatic rings. The van der Waals surface area contributed by atoms with E-state index in [0.29, 0.717) is 0 Å². The van der Waals surface area contributed by atoms with Crippen LogP contribution in [0.15, 0.2) is 18.2 Å². The summed E-state index contributed by atoms with van der Waals surface area (Å²) >= 11 is 0. The first-order valence-corrected chi connectivity index (χ1v) is 4.22. The molecule has 0 saturated carbocycles. The van der Waals surface area contributed by atoms with Crippen LogP contribution < -0.4 is 27.0 Å². The highest BCUT2D eigenvalue weighted by atomic mass is 15.7. The fourth-order valence-electron chi connectivity index (χ4n) is 1.43. The third kappa shape index (κ3) is 1.39. The van der Waals surface area contributed by atoms with Crippen molar-refractivity contribution in [3.8, 4) is 0 Å². The summed E-state index contributed by atoms with van der Waals surface area (Å²) in [5.74, 6) is 0. The van der Waals surface area contributed by atoms with E-state index in [1.165, 1.54) is 0 Å². The number of nitrogens with zero attached hydrogens (tertiary/aromatic N) is 1. The standard InChI is InChI=1S/C8H13N5/c1-10-5-13-8-4-6(9)2-3-7(8)11-12-13/h2-4,10-12H,5,9H2,1H3/p+1. The number of benzene rings is 1. The third-order valence-corrected chi connectivity index (χ3v) is 2.04. The largest absolute Gasteiger partial charge is 0.399 e. The van der Waals surface area contributed by atoms with Gasteiger partial charge < -0.3 is 5.73 Å². The lowest BCUT2D eigenvalue weighted by Crippen LogP contribution is -2.96. The first-order valence-electron chi connectivity index (χ1n) is 4.22. The molecule has 70 valence electrons. The van der Waals surface area contributed by atoms with E-state index in [9.17, 15) is 0 Å². The number of nitrogens with one attached hydrogen (secondary N) is 2. The zero-order chi connectivity index (χ0) is 9.26. The maximum Gasteiger partial charge on any atom is 0.123 e. The molecule has 13 heavy (non-hydrogen) atoms. The van der Waals surface area contributed by atoms with Gasteiger partial charge in [-0.2, -0.15) is 5.01 Å². The highest BCUT2D eigenvalue weighted by Gasteiger charge is 2.21. The van der Waals surface area contributed by atoms with Crippen molar-refractivity contribution in [3.63, 3.8) is 0 Å². The first kappa shape index (κ1) is 8.15. The van der Waals surface area contributed by atoms with Crippen LogP contribution in [0.4, 0.5) is 17.1 Å². The smallest absolute Gasteiger partial charge is 0.123 e. The summed E-state index contributed by atoms with van der Waals surface area (Å²) in [6.45, 7) is 0.781. The summed E-state index contributed by atoms with van der Waals surface area (Å²) in [4.78, 5) is 0. The number of rotatable bonds is 2. The second-order valence-corrected chi connectivity index (χ2v) is 3.03. The minimum absolute atomic E-state index is 0.781. The molecule has 1 aliphatic heterocycles. The predicted octanol–water partition coefficient (Wildman–Crippen LogP) is -0.929. The highest BCUT2D eigenvalue weighted by molar-refractivity contribution is 5.73. The van der Waals surface area contributed by atoms with Gasteiger partial charge in [0.15, 0.2) is 0 Å². The molecule has 0 bridgehead atoms. The molecule has 0 spiro atoms. The van der Waals surface area contributed by atoms with Crippen molar-refractivity contribution >= 4 is 17.1 Å². The van der Waals surface area contributed by atoms with E-state index in [1.54, 1.807) is 0 Å². The van der Waals surface area contributed by atoms with E-state index >= 15 is 0 Å². The van der Waals surface area contributed by atoms with E-state index in [0.717, 1.165) is 23.7 Å². The molecule has 0 aliphatic carbocycles. The molecule has 1 aliphatic rings. The van der Waals surface area contributed by atoms with Crippen LogP contribution in [0.2, 0.25) is 0 Å². The van der Waals surface area contributed by atoms with E-state index in [1.807, 2.05) is 30.8 Å². The van der Waals surface area contributed by atoms with Gasteiger partial charge in [-0.05, 0) is 25.2 Å². The Balaban J connectivity index is 2.29. The summed E-state index contributed by atoms with van der Waals surface area (Å²) in [7, 11) is 1.91. The normalized spacial score (nSPS) is 14.1. The molecule has 0 radical (unpaired) electrons. The van der Waals surface area contributed by atoms with Gasteiger partial charge in [-0.25, -0.2) is 5.43 Å². The summed E-state index contributed by atoms with van der Waals surface area (Å²) in [5, 5.41) is 5.16. The summed E-state index contributed by atoms with van der Waals surface area (Å²) in [6.07, 6.45) is 0. The maximum absolute atomic E-state index is 5.70. The van der Waals surface area contributed by atoms with Gasteiger partial charge in [0.25, 0.3) is 0 Å². The lowest BCUT2D eigenvalue weighted by atomic mass is 10.2. The van der Waals surface area contributed by atoms with Crippen molar-refractivity contribution < 1.29 is 5.53 Å². The van der Waals surface area contributed by atoms with Crippen LogP contribution in [-0.4, -0.2) is 13.7 Å². The molecule has 0 aromatic heterocycles. The number of hydrogen-bond acceptors (Lipinski definition) is 4. The highest BCUT2D eigenvalue weighted by Crippen LogP contribution is 2.27. The van der Waals surface area contributed by atoms with Crippen molar-refractivity contribution in [1.29, 1.82) is 0 Å². The minimum Gasteiger partial charge on any atom is -0.399 e. The second-order valence-electron chi connectivity index (χ2n) is 3.03. The molecular weight excluding hydrogens is 166 g/mol. The number of nitrogen functional groups attached to an aromatic ring is 2. The number of quaternary nitrogens is 1. The third-order valence-electron chi connectivity index (χ3n) is 2.04. The van der Waals surface area contributed by atoms with Gasteiger partial charge in [0.2, 0.25) is 0 Å². The van der Waals surface area contributed by atoms with E-state index < -0.39 is 0 Å². The van der Waals surface area contributed by atoms with Crippen molar-refractivity contribution in [2.24, 2.45) is 0 Å². The minimum atomic E-state index is 0.781. The molecule has 1 heterocycles. The molecule has 0 atom stereocenters. The molecule has 0 fully saturated rings. The van der Waals surface area contributed by atoms with Gasteiger partial charge >= 0.3 is 0 Å². The van der Waals surface area contributed by atoms with Gasteiger partial charge in [-0.3, -0.25) is 5.32 Å². The van der Waals surface area contributed by atoms with Crippen LogP contribution >= 0.6 is 0 Å². The average Bonchev–Trinajstić information content (AvgIpc) is 2.49. The second kappa shape index (κ2) is 3.12. The Morgan fingerprint density at radius 2 is 2.46 bits per heavy atom.